The molecule has 0 radical (unpaired) electrons. The van der Waals surface area contributed by atoms with Crippen LogP contribution in [-0.4, -0.2) is 43.5 Å². The van der Waals surface area contributed by atoms with E-state index in [9.17, 15) is 23.3 Å². The van der Waals surface area contributed by atoms with Gasteiger partial charge in [0.25, 0.3) is 5.69 Å². The van der Waals surface area contributed by atoms with Gasteiger partial charge in [-0.25, -0.2) is 8.42 Å². The van der Waals surface area contributed by atoms with Crippen LogP contribution >= 0.6 is 11.8 Å². The first-order valence-electron chi connectivity index (χ1n) is 7.13. The van der Waals surface area contributed by atoms with Gasteiger partial charge in [-0.05, 0) is 44.4 Å². The lowest BCUT2D eigenvalue weighted by Crippen LogP contribution is -2.42. The number of hydrogen-bond acceptors (Lipinski definition) is 7. The Bertz CT molecular complexity index is 673. The molecule has 0 aliphatic rings. The number of carbonyl (C=O) groups excluding carboxylic acids is 1. The van der Waals surface area contributed by atoms with Crippen molar-refractivity contribution in [2.75, 3.05) is 12.0 Å². The first-order chi connectivity index (χ1) is 11.2. The third-order valence-electron chi connectivity index (χ3n) is 2.90. The minimum atomic E-state index is -4.00. The first-order valence-corrected chi connectivity index (χ1v) is 10.0. The average Bonchev–Trinajstić information content (AvgIpc) is 2.50. The number of non-ortho nitro benzene ring substituents is 1. The smallest absolute Gasteiger partial charge is 0.324 e. The summed E-state index contributed by atoms with van der Waals surface area (Å²) in [5.41, 5.74) is -0.216. The minimum Gasteiger partial charge on any atom is -0.462 e. The fraction of sp³-hybridized carbons (Fsp3) is 0.500. The van der Waals surface area contributed by atoms with Crippen LogP contribution in [0.5, 0.6) is 0 Å². The monoisotopic (exact) mass is 376 g/mol. The van der Waals surface area contributed by atoms with Gasteiger partial charge in [-0.3, -0.25) is 14.9 Å². The number of rotatable bonds is 9. The van der Waals surface area contributed by atoms with E-state index in [4.69, 9.17) is 4.74 Å². The number of hydrogen-bond donors (Lipinski definition) is 1. The highest BCUT2D eigenvalue weighted by molar-refractivity contribution is 7.98. The number of nitro groups is 1. The highest BCUT2D eigenvalue weighted by Crippen LogP contribution is 2.17. The molecule has 0 saturated heterocycles. The van der Waals surface area contributed by atoms with E-state index < -0.39 is 27.0 Å². The van der Waals surface area contributed by atoms with Gasteiger partial charge in [0.1, 0.15) is 6.04 Å². The van der Waals surface area contributed by atoms with Crippen molar-refractivity contribution >= 4 is 33.4 Å². The Morgan fingerprint density at radius 1 is 1.33 bits per heavy atom. The van der Waals surface area contributed by atoms with E-state index in [0.29, 0.717) is 5.75 Å². The van der Waals surface area contributed by atoms with E-state index in [1.807, 2.05) is 6.26 Å². The van der Waals surface area contributed by atoms with Crippen LogP contribution < -0.4 is 4.72 Å². The van der Waals surface area contributed by atoms with Gasteiger partial charge in [-0.1, -0.05) is 0 Å². The summed E-state index contributed by atoms with van der Waals surface area (Å²) in [7, 11) is -4.00. The third-order valence-corrected chi connectivity index (χ3v) is 5.03. The van der Waals surface area contributed by atoms with E-state index >= 15 is 0 Å². The quantitative estimate of drug-likeness (QED) is 0.398. The topological polar surface area (TPSA) is 116 Å². The molecule has 0 fully saturated rings. The largest absolute Gasteiger partial charge is 0.462 e. The van der Waals surface area contributed by atoms with Crippen LogP contribution in [-0.2, 0) is 19.6 Å². The van der Waals surface area contributed by atoms with Crippen LogP contribution in [0.25, 0.3) is 0 Å². The summed E-state index contributed by atoms with van der Waals surface area (Å²) in [5, 5.41) is 10.6. The lowest BCUT2D eigenvalue weighted by atomic mass is 10.2. The van der Waals surface area contributed by atoms with Crippen molar-refractivity contribution in [1.29, 1.82) is 0 Å². The van der Waals surface area contributed by atoms with E-state index in [1.54, 1.807) is 13.8 Å². The van der Waals surface area contributed by atoms with Crippen molar-refractivity contribution in [3.63, 3.8) is 0 Å². The second-order valence-electron chi connectivity index (χ2n) is 5.19. The molecule has 0 heterocycles. The molecule has 1 aromatic rings. The fourth-order valence-electron chi connectivity index (χ4n) is 1.78. The Balaban J connectivity index is 2.96. The third kappa shape index (κ3) is 6.10. The highest BCUT2D eigenvalue weighted by atomic mass is 32.2. The van der Waals surface area contributed by atoms with Crippen LogP contribution in [0, 0.1) is 10.1 Å². The molecule has 0 unspecified atom stereocenters. The lowest BCUT2D eigenvalue weighted by molar-refractivity contribution is -0.384. The molecule has 8 nitrogen and oxygen atoms in total. The summed E-state index contributed by atoms with van der Waals surface area (Å²) < 4.78 is 32.2. The van der Waals surface area contributed by atoms with Gasteiger partial charge in [-0.15, -0.1) is 0 Å². The van der Waals surface area contributed by atoms with E-state index in [-0.39, 0.29) is 23.1 Å². The number of sulfonamides is 1. The van der Waals surface area contributed by atoms with E-state index in [0.717, 1.165) is 24.3 Å². The Morgan fingerprint density at radius 3 is 2.38 bits per heavy atom. The molecule has 1 N–H and O–H groups in total. The summed E-state index contributed by atoms with van der Waals surface area (Å²) in [6, 6.07) is 3.43. The van der Waals surface area contributed by atoms with Crippen molar-refractivity contribution < 1.29 is 22.9 Å². The average molecular weight is 376 g/mol. The van der Waals surface area contributed by atoms with Crippen LogP contribution in [0.4, 0.5) is 5.69 Å². The maximum absolute atomic E-state index is 12.4. The van der Waals surface area contributed by atoms with Gasteiger partial charge < -0.3 is 4.74 Å². The van der Waals surface area contributed by atoms with E-state index in [2.05, 4.69) is 4.72 Å². The molecular formula is C14H20N2O6S2. The zero-order valence-electron chi connectivity index (χ0n) is 13.6. The minimum absolute atomic E-state index is 0.153. The van der Waals surface area contributed by atoms with Gasteiger partial charge in [-0.2, -0.15) is 16.5 Å². The molecule has 134 valence electrons. The second kappa shape index (κ2) is 9.00. The Morgan fingerprint density at radius 2 is 1.92 bits per heavy atom. The molecule has 0 bridgehead atoms. The molecule has 0 aliphatic carbocycles. The number of carbonyl (C=O) groups is 1. The van der Waals surface area contributed by atoms with E-state index in [1.165, 1.54) is 11.8 Å². The molecule has 0 aromatic heterocycles. The summed E-state index contributed by atoms with van der Waals surface area (Å²) in [4.78, 5) is 21.9. The van der Waals surface area contributed by atoms with Crippen molar-refractivity contribution in [1.82, 2.24) is 4.72 Å². The lowest BCUT2D eigenvalue weighted by Gasteiger charge is -2.19. The molecule has 0 saturated carbocycles. The Hall–Kier alpha value is -1.65. The fourth-order valence-corrected chi connectivity index (χ4v) is 3.47. The maximum atomic E-state index is 12.4. The van der Waals surface area contributed by atoms with Gasteiger partial charge in [0.2, 0.25) is 10.0 Å². The molecule has 10 heteroatoms. The van der Waals surface area contributed by atoms with Gasteiger partial charge >= 0.3 is 5.97 Å². The summed E-state index contributed by atoms with van der Waals surface area (Å²) in [6.07, 6.45) is 1.76. The van der Waals surface area contributed by atoms with Crippen molar-refractivity contribution in [3.8, 4) is 0 Å². The van der Waals surface area contributed by atoms with Crippen molar-refractivity contribution in [3.05, 3.63) is 34.4 Å². The molecule has 1 aromatic carbocycles. The SMILES string of the molecule is CSCC[C@@H](NS(=O)(=O)c1ccc([N+](=O)[O-])cc1)C(=O)OC(C)C. The molecule has 1 rings (SSSR count). The number of thioether (sulfide) groups is 1. The molecular weight excluding hydrogens is 356 g/mol. The molecule has 0 amide bonds. The van der Waals surface area contributed by atoms with Crippen LogP contribution in [0.2, 0.25) is 0 Å². The van der Waals surface area contributed by atoms with Gasteiger partial charge in [0, 0.05) is 12.1 Å². The number of nitrogens with one attached hydrogen (secondary N) is 1. The molecule has 0 spiro atoms. The number of benzene rings is 1. The van der Waals surface area contributed by atoms with Gasteiger partial charge in [0.15, 0.2) is 0 Å². The van der Waals surface area contributed by atoms with Crippen LogP contribution in [0.1, 0.15) is 20.3 Å². The molecule has 1 atom stereocenters. The van der Waals surface area contributed by atoms with Gasteiger partial charge in [0.05, 0.1) is 15.9 Å². The highest BCUT2D eigenvalue weighted by Gasteiger charge is 2.27. The summed E-state index contributed by atoms with van der Waals surface area (Å²) in [6.45, 7) is 3.35. The number of ether oxygens (including phenoxy) is 1. The number of nitrogens with zero attached hydrogens (tertiary/aromatic N) is 1. The second-order valence-corrected chi connectivity index (χ2v) is 7.89. The number of nitro benzene ring substituents is 1. The Kier molecular flexibility index (Phi) is 7.64. The maximum Gasteiger partial charge on any atom is 0.324 e. The zero-order valence-corrected chi connectivity index (χ0v) is 15.2. The molecule has 24 heavy (non-hydrogen) atoms. The Labute approximate surface area is 145 Å². The van der Waals surface area contributed by atoms with Crippen LogP contribution in [0.3, 0.4) is 0 Å². The number of esters is 1. The van der Waals surface area contributed by atoms with Crippen molar-refractivity contribution in [2.24, 2.45) is 0 Å². The normalized spacial score (nSPS) is 12.8. The predicted octanol–water partition coefficient (Wildman–Crippen LogP) is 1.95. The predicted molar refractivity (Wildman–Crippen MR) is 91.4 cm³/mol. The first kappa shape index (κ1) is 20.4. The van der Waals surface area contributed by atoms with Crippen molar-refractivity contribution in [2.45, 2.75) is 37.3 Å². The van der Waals surface area contributed by atoms with Crippen LogP contribution in [0.15, 0.2) is 29.2 Å². The standard InChI is InChI=1S/C14H20N2O6S2/c1-10(2)22-14(17)13(8-9-23-3)15-24(20,21)12-6-4-11(5-7-12)16(18)19/h4-7,10,13,15H,8-9H2,1-3H3/t13-/m1/s1. The summed E-state index contributed by atoms with van der Waals surface area (Å²) >= 11 is 1.48. The molecule has 0 aliphatic heterocycles. The zero-order chi connectivity index (χ0) is 18.3. The summed E-state index contributed by atoms with van der Waals surface area (Å²) in [5.74, 6) is -0.0785.